The monoisotopic (exact) mass is 470 g/mol. The van der Waals surface area contributed by atoms with Gasteiger partial charge in [0.1, 0.15) is 0 Å². The first-order chi connectivity index (χ1) is 15.8. The summed E-state index contributed by atoms with van der Waals surface area (Å²) >= 11 is 0. The van der Waals surface area contributed by atoms with Gasteiger partial charge < -0.3 is 15.3 Å². The quantitative estimate of drug-likeness (QED) is 0.613. The highest BCUT2D eigenvalue weighted by molar-refractivity contribution is 5.78. The molecule has 0 heterocycles. The first-order valence-electron chi connectivity index (χ1n) is 13.1. The van der Waals surface area contributed by atoms with Crippen molar-refractivity contribution in [1.29, 1.82) is 0 Å². The summed E-state index contributed by atoms with van der Waals surface area (Å²) in [6, 6.07) is 10.1. The van der Waals surface area contributed by atoms with Crippen molar-refractivity contribution < 1.29 is 14.7 Å². The number of amides is 2. The number of fused-ring (bicyclic) bond motifs is 1. The van der Waals surface area contributed by atoms with Gasteiger partial charge in [-0.3, -0.25) is 9.59 Å². The van der Waals surface area contributed by atoms with Crippen LogP contribution in [0.1, 0.15) is 79.2 Å². The predicted molar refractivity (Wildman–Crippen MR) is 137 cm³/mol. The average Bonchev–Trinajstić information content (AvgIpc) is 2.74. The minimum absolute atomic E-state index is 0.0481. The van der Waals surface area contributed by atoms with Crippen molar-refractivity contribution in [1.82, 2.24) is 10.2 Å². The molecule has 0 saturated heterocycles. The summed E-state index contributed by atoms with van der Waals surface area (Å²) in [6.45, 7) is 13.3. The molecule has 2 N–H and O–H groups in total. The Morgan fingerprint density at radius 1 is 1.18 bits per heavy atom. The summed E-state index contributed by atoms with van der Waals surface area (Å²) in [5.74, 6) is 0.141. The van der Waals surface area contributed by atoms with E-state index >= 15 is 0 Å². The molecule has 0 aliphatic heterocycles. The topological polar surface area (TPSA) is 69.6 Å². The summed E-state index contributed by atoms with van der Waals surface area (Å²) in [7, 11) is 1.86. The van der Waals surface area contributed by atoms with E-state index in [1.807, 2.05) is 44.3 Å². The largest absolute Gasteiger partial charge is 0.392 e. The van der Waals surface area contributed by atoms with E-state index in [2.05, 4.69) is 39.9 Å². The van der Waals surface area contributed by atoms with E-state index in [0.29, 0.717) is 13.0 Å². The van der Waals surface area contributed by atoms with Crippen molar-refractivity contribution >= 4 is 11.8 Å². The zero-order valence-corrected chi connectivity index (χ0v) is 22.3. The molecule has 3 rings (SSSR count). The molecule has 190 valence electrons. The molecular weight excluding hydrogens is 424 g/mol. The van der Waals surface area contributed by atoms with Crippen LogP contribution in [0.25, 0.3) is 0 Å². The maximum atomic E-state index is 13.3. The predicted octanol–water partition coefficient (Wildman–Crippen LogP) is 5.03. The van der Waals surface area contributed by atoms with E-state index in [4.69, 9.17) is 0 Å². The molecule has 7 atom stereocenters. The summed E-state index contributed by atoms with van der Waals surface area (Å²) in [6.07, 6.45) is 3.81. The molecule has 34 heavy (non-hydrogen) atoms. The van der Waals surface area contributed by atoms with E-state index in [1.165, 1.54) is 0 Å². The number of carbonyl (C=O) groups is 2. The standard InChI is InChI=1S/C29H46N2O3/c1-19(27(34)31(7)18-21-11-9-8-10-12-21)22-13-15-29(6)16-14-23(20(2)25(29)26(22)33)30-24(32)17-28(3,4)5/h8-12,19-20,22-23,25-26,33H,13-18H2,1-7H3,(H,30,32)/t19-,20+,22?,23-,25+,26-,29-/m0/s1. The van der Waals surface area contributed by atoms with Gasteiger partial charge in [-0.2, -0.15) is 0 Å². The van der Waals surface area contributed by atoms with Crippen molar-refractivity contribution in [3.8, 4) is 0 Å². The van der Waals surface area contributed by atoms with E-state index < -0.39 is 6.10 Å². The number of rotatable bonds is 6. The summed E-state index contributed by atoms with van der Waals surface area (Å²) in [5.41, 5.74) is 1.12. The van der Waals surface area contributed by atoms with Gasteiger partial charge in [0, 0.05) is 32.0 Å². The smallest absolute Gasteiger partial charge is 0.225 e. The van der Waals surface area contributed by atoms with Crippen LogP contribution in [-0.2, 0) is 16.1 Å². The molecule has 0 aromatic heterocycles. The van der Waals surface area contributed by atoms with Crippen LogP contribution < -0.4 is 5.32 Å². The Hall–Kier alpha value is -1.88. The molecule has 2 amide bonds. The van der Waals surface area contributed by atoms with Gasteiger partial charge in [0.2, 0.25) is 11.8 Å². The Labute approximate surface area is 206 Å². The SMILES string of the molecule is C[C@H]1[C@@H]2[C@@H](O)C([C@H](C)C(=O)N(C)Cc3ccccc3)CC[C@@]2(C)CC[C@@H]1NC(=O)CC(C)(C)C. The lowest BCUT2D eigenvalue weighted by Gasteiger charge is -2.56. The van der Waals surface area contributed by atoms with Gasteiger partial charge in [-0.15, -0.1) is 0 Å². The molecule has 0 spiro atoms. The van der Waals surface area contributed by atoms with Crippen LogP contribution in [-0.4, -0.2) is 41.0 Å². The zero-order valence-electron chi connectivity index (χ0n) is 22.3. The highest BCUT2D eigenvalue weighted by Crippen LogP contribution is 2.55. The molecule has 5 heteroatoms. The molecular formula is C29H46N2O3. The minimum Gasteiger partial charge on any atom is -0.392 e. The van der Waals surface area contributed by atoms with Crippen LogP contribution in [0.15, 0.2) is 30.3 Å². The number of aliphatic hydroxyl groups is 1. The zero-order chi connectivity index (χ0) is 25.3. The molecule has 2 saturated carbocycles. The molecule has 2 aliphatic rings. The fraction of sp³-hybridized carbons (Fsp3) is 0.724. The third-order valence-electron chi connectivity index (χ3n) is 8.60. The number of benzene rings is 1. The van der Waals surface area contributed by atoms with Crippen molar-refractivity contribution in [3.63, 3.8) is 0 Å². The van der Waals surface area contributed by atoms with Crippen molar-refractivity contribution in [3.05, 3.63) is 35.9 Å². The van der Waals surface area contributed by atoms with E-state index in [0.717, 1.165) is 31.2 Å². The highest BCUT2D eigenvalue weighted by atomic mass is 16.3. The molecule has 2 aliphatic carbocycles. The van der Waals surface area contributed by atoms with Crippen LogP contribution in [0.5, 0.6) is 0 Å². The Kier molecular flexibility index (Phi) is 8.17. The number of nitrogens with zero attached hydrogens (tertiary/aromatic N) is 1. The third kappa shape index (κ3) is 6.02. The third-order valence-corrected chi connectivity index (χ3v) is 8.60. The first kappa shape index (κ1) is 26.7. The Balaban J connectivity index is 1.69. The van der Waals surface area contributed by atoms with E-state index in [-0.39, 0.29) is 52.4 Å². The number of hydrogen-bond acceptors (Lipinski definition) is 3. The number of hydrogen-bond donors (Lipinski definition) is 2. The lowest BCUT2D eigenvalue weighted by atomic mass is 9.51. The molecule has 2 fully saturated rings. The van der Waals surface area contributed by atoms with E-state index in [9.17, 15) is 14.7 Å². The van der Waals surface area contributed by atoms with Crippen LogP contribution in [0.3, 0.4) is 0 Å². The lowest BCUT2D eigenvalue weighted by Crippen LogP contribution is -2.58. The number of aliphatic hydroxyl groups excluding tert-OH is 1. The number of carbonyl (C=O) groups excluding carboxylic acids is 2. The molecule has 1 unspecified atom stereocenters. The number of nitrogens with one attached hydrogen (secondary N) is 1. The highest BCUT2D eigenvalue weighted by Gasteiger charge is 2.54. The van der Waals surface area contributed by atoms with Gasteiger partial charge in [0.15, 0.2) is 0 Å². The molecule has 1 aromatic carbocycles. The Morgan fingerprint density at radius 2 is 1.79 bits per heavy atom. The maximum Gasteiger partial charge on any atom is 0.225 e. The second kappa shape index (κ2) is 10.4. The van der Waals surface area contributed by atoms with Crippen LogP contribution in [0.2, 0.25) is 0 Å². The van der Waals surface area contributed by atoms with Crippen molar-refractivity contribution in [2.45, 2.75) is 92.3 Å². The van der Waals surface area contributed by atoms with Gasteiger partial charge in [-0.25, -0.2) is 0 Å². The Morgan fingerprint density at radius 3 is 2.41 bits per heavy atom. The van der Waals surface area contributed by atoms with Gasteiger partial charge in [0.05, 0.1) is 6.10 Å². The molecule has 0 bridgehead atoms. The first-order valence-corrected chi connectivity index (χ1v) is 13.1. The van der Waals surface area contributed by atoms with Gasteiger partial charge >= 0.3 is 0 Å². The Bertz CT molecular complexity index is 849. The summed E-state index contributed by atoms with van der Waals surface area (Å²) in [5, 5.41) is 14.9. The van der Waals surface area contributed by atoms with E-state index in [1.54, 1.807) is 4.90 Å². The average molecular weight is 471 g/mol. The molecule has 0 radical (unpaired) electrons. The second-order valence-corrected chi connectivity index (χ2v) is 12.7. The van der Waals surface area contributed by atoms with Crippen LogP contribution in [0, 0.1) is 34.5 Å². The van der Waals surface area contributed by atoms with Crippen LogP contribution >= 0.6 is 0 Å². The summed E-state index contributed by atoms with van der Waals surface area (Å²) < 4.78 is 0. The summed E-state index contributed by atoms with van der Waals surface area (Å²) in [4.78, 5) is 27.8. The fourth-order valence-corrected chi connectivity index (χ4v) is 6.70. The maximum absolute atomic E-state index is 13.3. The van der Waals surface area contributed by atoms with Crippen molar-refractivity contribution in [2.75, 3.05) is 7.05 Å². The van der Waals surface area contributed by atoms with Gasteiger partial charge in [0.25, 0.3) is 0 Å². The van der Waals surface area contributed by atoms with Gasteiger partial charge in [-0.05, 0) is 59.8 Å². The minimum atomic E-state index is -0.542. The van der Waals surface area contributed by atoms with Crippen molar-refractivity contribution in [2.24, 2.45) is 34.5 Å². The second-order valence-electron chi connectivity index (χ2n) is 12.7. The molecule has 5 nitrogen and oxygen atoms in total. The van der Waals surface area contributed by atoms with Crippen LogP contribution in [0.4, 0.5) is 0 Å². The normalized spacial score (nSPS) is 32.4. The molecule has 1 aromatic rings. The fourth-order valence-electron chi connectivity index (χ4n) is 6.70. The van der Waals surface area contributed by atoms with Gasteiger partial charge in [-0.1, -0.05) is 71.9 Å². The lowest BCUT2D eigenvalue weighted by molar-refractivity contribution is -0.150.